The van der Waals surface area contributed by atoms with Crippen LogP contribution in [-0.2, 0) is 11.2 Å². The summed E-state index contributed by atoms with van der Waals surface area (Å²) in [6.45, 7) is 4.30. The number of hydrogen-bond acceptors (Lipinski definition) is 4. The normalized spacial score (nSPS) is 24.2. The first-order valence-electron chi connectivity index (χ1n) is 7.56. The maximum absolute atomic E-state index is 5.69. The number of nitrogens with one attached hydrogen (secondary N) is 1. The lowest BCUT2D eigenvalue weighted by Crippen LogP contribution is -2.24. The maximum Gasteiger partial charge on any atom is 0.122 e. The van der Waals surface area contributed by atoms with Crippen molar-refractivity contribution in [1.82, 2.24) is 10.3 Å². The Hall–Kier alpha value is -0.450. The molecular weight excluding hydrogens is 256 g/mol. The van der Waals surface area contributed by atoms with E-state index in [1.807, 2.05) is 18.4 Å². The number of aryl methyl sites for hydroxylation is 1. The molecule has 1 heterocycles. The first-order chi connectivity index (χ1) is 9.33. The Morgan fingerprint density at radius 3 is 2.95 bits per heavy atom. The standard InChI is InChI=1S/C15H24N2OS/c1-3-16-9-11-5-4-6-12-13(11)17-15(19-12)14(18-2)10-7-8-10/h10-11,14,16H,3-9H2,1-2H3. The van der Waals surface area contributed by atoms with Crippen LogP contribution >= 0.6 is 11.3 Å². The Labute approximate surface area is 119 Å². The van der Waals surface area contributed by atoms with E-state index in [1.165, 1.54) is 47.7 Å². The minimum atomic E-state index is 0.260. The summed E-state index contributed by atoms with van der Waals surface area (Å²) in [6.07, 6.45) is 6.69. The van der Waals surface area contributed by atoms with E-state index in [2.05, 4.69) is 12.2 Å². The molecule has 0 spiro atoms. The zero-order chi connectivity index (χ0) is 13.2. The number of fused-ring (bicyclic) bond motifs is 1. The van der Waals surface area contributed by atoms with Gasteiger partial charge in [-0.25, -0.2) is 4.98 Å². The molecule has 1 N–H and O–H groups in total. The van der Waals surface area contributed by atoms with Crippen LogP contribution in [0.4, 0.5) is 0 Å². The van der Waals surface area contributed by atoms with Gasteiger partial charge in [-0.3, -0.25) is 0 Å². The summed E-state index contributed by atoms with van der Waals surface area (Å²) in [5, 5.41) is 4.71. The van der Waals surface area contributed by atoms with E-state index >= 15 is 0 Å². The lowest BCUT2D eigenvalue weighted by molar-refractivity contribution is 0.0842. The van der Waals surface area contributed by atoms with Crippen LogP contribution in [0.15, 0.2) is 0 Å². The highest BCUT2D eigenvalue weighted by atomic mass is 32.1. The van der Waals surface area contributed by atoms with E-state index in [0.29, 0.717) is 5.92 Å². The van der Waals surface area contributed by atoms with Gasteiger partial charge in [-0.1, -0.05) is 6.92 Å². The SMILES string of the molecule is CCNCC1CCCc2sc(C(OC)C3CC3)nc21. The van der Waals surface area contributed by atoms with Crippen LogP contribution < -0.4 is 5.32 Å². The lowest BCUT2D eigenvalue weighted by Gasteiger charge is -2.21. The fourth-order valence-electron chi connectivity index (χ4n) is 3.06. The largest absolute Gasteiger partial charge is 0.374 e. The molecule has 19 heavy (non-hydrogen) atoms. The molecule has 3 rings (SSSR count). The third kappa shape index (κ3) is 2.86. The van der Waals surface area contributed by atoms with E-state index in [1.54, 1.807) is 0 Å². The Morgan fingerprint density at radius 2 is 2.26 bits per heavy atom. The van der Waals surface area contributed by atoms with Gasteiger partial charge in [-0.15, -0.1) is 11.3 Å². The van der Waals surface area contributed by atoms with Crippen molar-refractivity contribution in [2.24, 2.45) is 5.92 Å². The third-order valence-electron chi connectivity index (χ3n) is 4.28. The quantitative estimate of drug-likeness (QED) is 0.868. The van der Waals surface area contributed by atoms with Crippen LogP contribution in [0.3, 0.4) is 0 Å². The van der Waals surface area contributed by atoms with Gasteiger partial charge in [-0.2, -0.15) is 0 Å². The van der Waals surface area contributed by atoms with Crippen molar-refractivity contribution in [2.75, 3.05) is 20.2 Å². The molecule has 2 atom stereocenters. The van der Waals surface area contributed by atoms with Crippen molar-refractivity contribution in [1.29, 1.82) is 0 Å². The number of hydrogen-bond donors (Lipinski definition) is 1. The number of nitrogens with zero attached hydrogens (tertiary/aromatic N) is 1. The average Bonchev–Trinajstić information content (AvgIpc) is 3.16. The second kappa shape index (κ2) is 5.90. The fourth-order valence-corrected chi connectivity index (χ4v) is 4.42. The van der Waals surface area contributed by atoms with Gasteiger partial charge < -0.3 is 10.1 Å². The predicted molar refractivity (Wildman–Crippen MR) is 78.8 cm³/mol. The molecule has 106 valence electrons. The number of likely N-dealkylation sites (N-methyl/N-ethyl adjacent to an activating group) is 1. The molecule has 0 amide bonds. The van der Waals surface area contributed by atoms with Crippen molar-refractivity contribution < 1.29 is 4.74 Å². The number of methoxy groups -OCH3 is 1. The highest BCUT2D eigenvalue weighted by Gasteiger charge is 2.36. The van der Waals surface area contributed by atoms with Gasteiger partial charge in [0.05, 0.1) is 5.69 Å². The van der Waals surface area contributed by atoms with E-state index < -0.39 is 0 Å². The molecule has 1 fully saturated rings. The van der Waals surface area contributed by atoms with Crippen LogP contribution in [0.5, 0.6) is 0 Å². The molecule has 1 saturated carbocycles. The van der Waals surface area contributed by atoms with Gasteiger partial charge in [0.1, 0.15) is 11.1 Å². The molecule has 0 aromatic carbocycles. The van der Waals surface area contributed by atoms with E-state index in [-0.39, 0.29) is 6.10 Å². The van der Waals surface area contributed by atoms with Crippen LogP contribution in [0.2, 0.25) is 0 Å². The topological polar surface area (TPSA) is 34.1 Å². The number of rotatable bonds is 6. The maximum atomic E-state index is 5.69. The van der Waals surface area contributed by atoms with Crippen LogP contribution in [0.1, 0.15) is 60.2 Å². The lowest BCUT2D eigenvalue weighted by atomic mass is 9.91. The molecule has 2 unspecified atom stereocenters. The average molecular weight is 280 g/mol. The first kappa shape index (κ1) is 13.5. The summed E-state index contributed by atoms with van der Waals surface area (Å²) in [4.78, 5) is 6.49. The zero-order valence-electron chi connectivity index (χ0n) is 11.9. The molecule has 0 radical (unpaired) electrons. The van der Waals surface area contributed by atoms with Gasteiger partial charge in [0, 0.05) is 24.4 Å². The molecule has 1 aromatic heterocycles. The van der Waals surface area contributed by atoms with Crippen LogP contribution in [0.25, 0.3) is 0 Å². The molecule has 2 aliphatic carbocycles. The van der Waals surface area contributed by atoms with Gasteiger partial charge >= 0.3 is 0 Å². The molecule has 2 aliphatic rings. The van der Waals surface area contributed by atoms with Crippen LogP contribution in [0, 0.1) is 5.92 Å². The van der Waals surface area contributed by atoms with Crippen LogP contribution in [-0.4, -0.2) is 25.2 Å². The minimum absolute atomic E-state index is 0.260. The summed E-state index contributed by atoms with van der Waals surface area (Å²) < 4.78 is 5.69. The number of thiazole rings is 1. The summed E-state index contributed by atoms with van der Waals surface area (Å²) in [7, 11) is 1.83. The van der Waals surface area contributed by atoms with E-state index in [0.717, 1.165) is 19.0 Å². The summed E-state index contributed by atoms with van der Waals surface area (Å²) >= 11 is 1.91. The summed E-state index contributed by atoms with van der Waals surface area (Å²) in [6, 6.07) is 0. The van der Waals surface area contributed by atoms with Crippen molar-refractivity contribution in [3.63, 3.8) is 0 Å². The second-order valence-corrected chi connectivity index (χ2v) is 6.87. The van der Waals surface area contributed by atoms with Crippen molar-refractivity contribution in [3.8, 4) is 0 Å². The van der Waals surface area contributed by atoms with Gasteiger partial charge in [0.2, 0.25) is 0 Å². The molecule has 0 saturated heterocycles. The Balaban J connectivity index is 1.79. The third-order valence-corrected chi connectivity index (χ3v) is 5.47. The Kier molecular flexibility index (Phi) is 4.20. The first-order valence-corrected chi connectivity index (χ1v) is 8.38. The molecule has 3 nitrogen and oxygen atoms in total. The highest BCUT2D eigenvalue weighted by molar-refractivity contribution is 7.11. The number of ether oxygens (including phenoxy) is 1. The molecule has 4 heteroatoms. The van der Waals surface area contributed by atoms with Crippen molar-refractivity contribution in [2.45, 2.75) is 51.0 Å². The smallest absolute Gasteiger partial charge is 0.122 e. The van der Waals surface area contributed by atoms with Crippen molar-refractivity contribution in [3.05, 3.63) is 15.6 Å². The predicted octanol–water partition coefficient (Wildman–Crippen LogP) is 3.27. The highest BCUT2D eigenvalue weighted by Crippen LogP contribution is 2.46. The molecular formula is C15H24N2OS. The Morgan fingerprint density at radius 1 is 1.42 bits per heavy atom. The van der Waals surface area contributed by atoms with E-state index in [9.17, 15) is 0 Å². The zero-order valence-corrected chi connectivity index (χ0v) is 12.8. The Bertz CT molecular complexity index is 428. The molecule has 1 aromatic rings. The molecule has 0 aliphatic heterocycles. The van der Waals surface area contributed by atoms with E-state index in [4.69, 9.17) is 9.72 Å². The second-order valence-electron chi connectivity index (χ2n) is 5.75. The molecule has 0 bridgehead atoms. The minimum Gasteiger partial charge on any atom is -0.374 e. The van der Waals surface area contributed by atoms with Crippen molar-refractivity contribution >= 4 is 11.3 Å². The summed E-state index contributed by atoms with van der Waals surface area (Å²) in [5.41, 5.74) is 1.37. The van der Waals surface area contributed by atoms with Gasteiger partial charge in [0.25, 0.3) is 0 Å². The summed E-state index contributed by atoms with van der Waals surface area (Å²) in [5.74, 6) is 1.34. The monoisotopic (exact) mass is 280 g/mol. The van der Waals surface area contributed by atoms with Gasteiger partial charge in [0.15, 0.2) is 0 Å². The number of aromatic nitrogens is 1. The van der Waals surface area contributed by atoms with Gasteiger partial charge in [-0.05, 0) is 44.6 Å². The fraction of sp³-hybridized carbons (Fsp3) is 0.800.